The number of nitriles is 1. The monoisotopic (exact) mass is 327 g/mol. The second kappa shape index (κ2) is 6.41. The van der Waals surface area contributed by atoms with Gasteiger partial charge in [0.15, 0.2) is 0 Å². The van der Waals surface area contributed by atoms with E-state index in [-0.39, 0.29) is 0 Å². The van der Waals surface area contributed by atoms with Crippen molar-refractivity contribution in [1.29, 1.82) is 5.26 Å². The summed E-state index contributed by atoms with van der Waals surface area (Å²) in [5, 5.41) is 10.5. The van der Waals surface area contributed by atoms with Gasteiger partial charge in [0.05, 0.1) is 18.8 Å². The molecule has 1 aromatic carbocycles. The van der Waals surface area contributed by atoms with Crippen LogP contribution in [0, 0.1) is 18.3 Å². The highest BCUT2D eigenvalue weighted by Crippen LogP contribution is 2.41. The zero-order valence-corrected chi connectivity index (χ0v) is 13.7. The van der Waals surface area contributed by atoms with Gasteiger partial charge in [0.1, 0.15) is 15.9 Å². The Kier molecular flexibility index (Phi) is 4.33. The van der Waals surface area contributed by atoms with E-state index in [0.717, 1.165) is 16.1 Å². The van der Waals surface area contributed by atoms with E-state index in [0.29, 0.717) is 42.3 Å². The molecule has 0 aliphatic carbocycles. The molecule has 1 aliphatic heterocycles. The lowest BCUT2D eigenvalue weighted by molar-refractivity contribution is 0.100. The predicted octanol–water partition coefficient (Wildman–Crippen LogP) is 2.53. The van der Waals surface area contributed by atoms with Crippen molar-refractivity contribution in [3.05, 3.63) is 40.3 Å². The first kappa shape index (κ1) is 15.5. The van der Waals surface area contributed by atoms with Crippen molar-refractivity contribution >= 4 is 22.2 Å². The minimum atomic E-state index is -0.499. The first-order valence-corrected chi connectivity index (χ1v) is 8.20. The lowest BCUT2D eigenvalue weighted by atomic mass is 10.00. The Balaban J connectivity index is 2.16. The zero-order chi connectivity index (χ0) is 16.4. The maximum absolute atomic E-state index is 11.9. The van der Waals surface area contributed by atoms with Crippen LogP contribution in [-0.4, -0.2) is 32.2 Å². The number of anilines is 1. The van der Waals surface area contributed by atoms with Gasteiger partial charge in [0.25, 0.3) is 5.91 Å². The van der Waals surface area contributed by atoms with E-state index in [4.69, 9.17) is 10.5 Å². The van der Waals surface area contributed by atoms with E-state index in [1.807, 2.05) is 31.2 Å². The molecule has 1 saturated heterocycles. The topological polar surface area (TPSA) is 79.3 Å². The average Bonchev–Trinajstić information content (AvgIpc) is 2.96. The van der Waals surface area contributed by atoms with Gasteiger partial charge in [-0.3, -0.25) is 4.79 Å². The summed E-state index contributed by atoms with van der Waals surface area (Å²) in [4.78, 5) is 14.4. The molecular weight excluding hydrogens is 310 g/mol. The molecule has 0 unspecified atom stereocenters. The number of benzene rings is 1. The van der Waals surface area contributed by atoms with E-state index in [1.165, 1.54) is 11.3 Å². The van der Waals surface area contributed by atoms with Crippen LogP contribution >= 0.6 is 11.3 Å². The van der Waals surface area contributed by atoms with Gasteiger partial charge in [-0.25, -0.2) is 0 Å². The third-order valence-corrected chi connectivity index (χ3v) is 5.13. The van der Waals surface area contributed by atoms with Crippen LogP contribution in [0.15, 0.2) is 24.3 Å². The van der Waals surface area contributed by atoms with Crippen LogP contribution in [0.3, 0.4) is 0 Å². The number of hydrogen-bond donors (Lipinski definition) is 1. The molecule has 1 aromatic heterocycles. The summed E-state index contributed by atoms with van der Waals surface area (Å²) in [5.74, 6) is -0.499. The number of nitrogens with zero attached hydrogens (tertiary/aromatic N) is 2. The third-order valence-electron chi connectivity index (χ3n) is 3.86. The SMILES string of the molecule is Cc1ccc(-c2c(C(N)=O)sc(N3CCOCC3)c2C#N)cc1. The fraction of sp³-hybridized carbons (Fsp3) is 0.294. The van der Waals surface area contributed by atoms with Gasteiger partial charge in [0, 0.05) is 18.7 Å². The highest BCUT2D eigenvalue weighted by atomic mass is 32.1. The summed E-state index contributed by atoms with van der Waals surface area (Å²) < 4.78 is 5.37. The molecular formula is C17H17N3O2S. The Morgan fingerprint density at radius 2 is 1.96 bits per heavy atom. The summed E-state index contributed by atoms with van der Waals surface area (Å²) in [7, 11) is 0. The Hall–Kier alpha value is -2.36. The molecule has 0 saturated carbocycles. The van der Waals surface area contributed by atoms with Gasteiger partial charge in [-0.05, 0) is 12.5 Å². The lowest BCUT2D eigenvalue weighted by Crippen LogP contribution is -2.36. The molecule has 118 valence electrons. The number of ether oxygens (including phenoxy) is 1. The van der Waals surface area contributed by atoms with Crippen molar-refractivity contribution in [3.8, 4) is 17.2 Å². The maximum Gasteiger partial charge on any atom is 0.259 e. The highest BCUT2D eigenvalue weighted by molar-refractivity contribution is 7.18. The number of rotatable bonds is 3. The first-order valence-electron chi connectivity index (χ1n) is 7.38. The van der Waals surface area contributed by atoms with Gasteiger partial charge in [-0.2, -0.15) is 5.26 Å². The van der Waals surface area contributed by atoms with Crippen molar-refractivity contribution in [2.24, 2.45) is 5.73 Å². The number of thiophene rings is 1. The van der Waals surface area contributed by atoms with E-state index in [2.05, 4.69) is 11.0 Å². The third kappa shape index (κ3) is 2.93. The molecule has 2 heterocycles. The molecule has 5 nitrogen and oxygen atoms in total. The van der Waals surface area contributed by atoms with Crippen LogP contribution in [0.5, 0.6) is 0 Å². The van der Waals surface area contributed by atoms with Crippen LogP contribution in [0.25, 0.3) is 11.1 Å². The van der Waals surface area contributed by atoms with Gasteiger partial charge in [-0.15, -0.1) is 11.3 Å². The lowest BCUT2D eigenvalue weighted by Gasteiger charge is -2.27. The number of nitrogens with two attached hydrogens (primary N) is 1. The van der Waals surface area contributed by atoms with E-state index in [1.54, 1.807) is 0 Å². The van der Waals surface area contributed by atoms with Crippen molar-refractivity contribution in [2.45, 2.75) is 6.92 Å². The van der Waals surface area contributed by atoms with Gasteiger partial charge in [-0.1, -0.05) is 29.8 Å². The van der Waals surface area contributed by atoms with E-state index < -0.39 is 5.91 Å². The molecule has 1 amide bonds. The normalized spacial score (nSPS) is 14.5. The van der Waals surface area contributed by atoms with E-state index >= 15 is 0 Å². The molecule has 6 heteroatoms. The van der Waals surface area contributed by atoms with Crippen molar-refractivity contribution < 1.29 is 9.53 Å². The number of primary amides is 1. The minimum Gasteiger partial charge on any atom is -0.378 e. The molecule has 0 bridgehead atoms. The minimum absolute atomic E-state index is 0.437. The van der Waals surface area contributed by atoms with Crippen molar-refractivity contribution in [3.63, 3.8) is 0 Å². The van der Waals surface area contributed by atoms with Crippen LogP contribution in [0.1, 0.15) is 20.8 Å². The summed E-state index contributed by atoms with van der Waals surface area (Å²) in [5.41, 5.74) is 8.70. The van der Waals surface area contributed by atoms with Crippen LogP contribution in [0.2, 0.25) is 0 Å². The summed E-state index contributed by atoms with van der Waals surface area (Å²) in [6, 6.07) is 10.0. The second-order valence-corrected chi connectivity index (χ2v) is 6.43. The van der Waals surface area contributed by atoms with Gasteiger partial charge >= 0.3 is 0 Å². The zero-order valence-electron chi connectivity index (χ0n) is 12.8. The average molecular weight is 327 g/mol. The summed E-state index contributed by atoms with van der Waals surface area (Å²) >= 11 is 1.30. The molecule has 23 heavy (non-hydrogen) atoms. The van der Waals surface area contributed by atoms with Crippen LogP contribution in [-0.2, 0) is 4.74 Å². The fourth-order valence-electron chi connectivity index (χ4n) is 2.68. The summed E-state index contributed by atoms with van der Waals surface area (Å²) in [6.07, 6.45) is 0. The smallest absolute Gasteiger partial charge is 0.259 e. The Labute approximate surface area is 138 Å². The Bertz CT molecular complexity index is 768. The number of aryl methyl sites for hydroxylation is 1. The first-order chi connectivity index (χ1) is 11.1. The molecule has 1 fully saturated rings. The van der Waals surface area contributed by atoms with Crippen LogP contribution in [0.4, 0.5) is 5.00 Å². The number of hydrogen-bond acceptors (Lipinski definition) is 5. The second-order valence-electron chi connectivity index (χ2n) is 5.43. The quantitative estimate of drug-likeness (QED) is 0.939. The maximum atomic E-state index is 11.9. The molecule has 0 radical (unpaired) electrons. The molecule has 0 spiro atoms. The molecule has 2 N–H and O–H groups in total. The number of carbonyl (C=O) groups excluding carboxylic acids is 1. The molecule has 0 atom stereocenters. The number of amides is 1. The number of carbonyl (C=O) groups is 1. The summed E-state index contributed by atoms with van der Waals surface area (Å²) in [6.45, 7) is 4.65. The Morgan fingerprint density at radius 1 is 1.30 bits per heavy atom. The molecule has 1 aliphatic rings. The predicted molar refractivity (Wildman–Crippen MR) is 90.8 cm³/mol. The Morgan fingerprint density at radius 3 is 2.52 bits per heavy atom. The molecule has 2 aromatic rings. The van der Waals surface area contributed by atoms with Crippen molar-refractivity contribution in [2.75, 3.05) is 31.2 Å². The van der Waals surface area contributed by atoms with E-state index in [9.17, 15) is 10.1 Å². The number of morpholine rings is 1. The van der Waals surface area contributed by atoms with Crippen molar-refractivity contribution in [1.82, 2.24) is 0 Å². The van der Waals surface area contributed by atoms with Gasteiger partial charge in [0.2, 0.25) is 0 Å². The highest BCUT2D eigenvalue weighted by Gasteiger charge is 2.26. The largest absolute Gasteiger partial charge is 0.378 e. The molecule has 3 rings (SSSR count). The standard InChI is InChI=1S/C17H17N3O2S/c1-11-2-4-12(5-3-11)14-13(10-18)17(23-15(14)16(19)21)20-6-8-22-9-7-20/h2-5H,6-9H2,1H3,(H2,19,21). The van der Waals surface area contributed by atoms with Crippen LogP contribution < -0.4 is 10.6 Å². The van der Waals surface area contributed by atoms with Gasteiger partial charge < -0.3 is 15.4 Å². The fourth-order valence-corrected chi connectivity index (χ4v) is 3.86.